The number of hydrogen-bond donors (Lipinski definition) is 0. The van der Waals surface area contributed by atoms with Crippen molar-refractivity contribution in [1.29, 1.82) is 0 Å². The van der Waals surface area contributed by atoms with E-state index in [1.807, 2.05) is 0 Å². The summed E-state index contributed by atoms with van der Waals surface area (Å²) in [5, 5.41) is 0. The van der Waals surface area contributed by atoms with Crippen molar-refractivity contribution in [3.63, 3.8) is 0 Å². The van der Waals surface area contributed by atoms with Crippen LogP contribution in [0.15, 0.2) is 18.2 Å². The monoisotopic (exact) mass is 330 g/mol. The molecule has 1 aliphatic carbocycles. The summed E-state index contributed by atoms with van der Waals surface area (Å²) in [7, 11) is -1.79. The molecule has 0 bridgehead atoms. The van der Waals surface area contributed by atoms with Gasteiger partial charge >= 0.3 is 0 Å². The SMILES string of the molecule is COc1ccc(F)c(CC2CCC(COS(C)(=O)=O)CC2)c1. The molecule has 1 aliphatic rings. The zero-order chi connectivity index (χ0) is 16.2. The fourth-order valence-corrected chi connectivity index (χ4v) is 3.41. The molecule has 1 fully saturated rings. The van der Waals surface area contributed by atoms with Gasteiger partial charge in [-0.1, -0.05) is 0 Å². The van der Waals surface area contributed by atoms with Crippen molar-refractivity contribution in [2.45, 2.75) is 32.1 Å². The first-order chi connectivity index (χ1) is 10.4. The van der Waals surface area contributed by atoms with E-state index in [1.54, 1.807) is 19.2 Å². The van der Waals surface area contributed by atoms with E-state index in [1.165, 1.54) is 6.07 Å². The van der Waals surface area contributed by atoms with E-state index >= 15 is 0 Å². The number of benzene rings is 1. The van der Waals surface area contributed by atoms with Gasteiger partial charge in [0.1, 0.15) is 11.6 Å². The molecule has 1 aromatic rings. The Morgan fingerprint density at radius 3 is 2.41 bits per heavy atom. The molecule has 1 aromatic carbocycles. The van der Waals surface area contributed by atoms with Gasteiger partial charge in [0.2, 0.25) is 0 Å². The van der Waals surface area contributed by atoms with Crippen LogP contribution in [0.1, 0.15) is 31.2 Å². The normalized spacial score (nSPS) is 22.5. The average molecular weight is 330 g/mol. The number of methoxy groups -OCH3 is 1. The van der Waals surface area contributed by atoms with Crippen LogP contribution in [-0.4, -0.2) is 28.4 Å². The van der Waals surface area contributed by atoms with Crippen LogP contribution in [0.3, 0.4) is 0 Å². The van der Waals surface area contributed by atoms with Gasteiger partial charge in [-0.3, -0.25) is 4.18 Å². The van der Waals surface area contributed by atoms with Gasteiger partial charge in [0.15, 0.2) is 0 Å². The molecule has 0 radical (unpaired) electrons. The fraction of sp³-hybridized carbons (Fsp3) is 0.625. The summed E-state index contributed by atoms with van der Waals surface area (Å²) < 4.78 is 45.9. The summed E-state index contributed by atoms with van der Waals surface area (Å²) >= 11 is 0. The summed E-state index contributed by atoms with van der Waals surface area (Å²) in [6.45, 7) is 0.263. The third-order valence-electron chi connectivity index (χ3n) is 4.25. The van der Waals surface area contributed by atoms with Crippen molar-refractivity contribution < 1.29 is 21.7 Å². The first-order valence-electron chi connectivity index (χ1n) is 7.54. The van der Waals surface area contributed by atoms with E-state index in [-0.39, 0.29) is 18.3 Å². The minimum absolute atomic E-state index is 0.191. The molecule has 0 unspecified atom stereocenters. The Bertz CT molecular complexity index is 592. The van der Waals surface area contributed by atoms with Gasteiger partial charge in [-0.25, -0.2) is 4.39 Å². The van der Waals surface area contributed by atoms with Crippen LogP contribution in [0.25, 0.3) is 0 Å². The lowest BCUT2D eigenvalue weighted by Crippen LogP contribution is -2.21. The molecule has 0 aliphatic heterocycles. The van der Waals surface area contributed by atoms with Crippen molar-refractivity contribution >= 4 is 10.1 Å². The van der Waals surface area contributed by atoms with Crippen molar-refractivity contribution in [2.75, 3.05) is 20.0 Å². The fourth-order valence-electron chi connectivity index (χ4n) is 2.97. The van der Waals surface area contributed by atoms with E-state index in [9.17, 15) is 12.8 Å². The van der Waals surface area contributed by atoms with Crippen LogP contribution >= 0.6 is 0 Å². The van der Waals surface area contributed by atoms with Crippen molar-refractivity contribution in [3.8, 4) is 5.75 Å². The second-order valence-electron chi connectivity index (χ2n) is 6.04. The smallest absolute Gasteiger partial charge is 0.264 e. The van der Waals surface area contributed by atoms with Gasteiger partial charge in [0.05, 0.1) is 20.0 Å². The predicted octanol–water partition coefficient (Wildman–Crippen LogP) is 3.16. The Hall–Kier alpha value is -1.14. The summed E-state index contributed by atoms with van der Waals surface area (Å²) in [6.07, 6.45) is 5.55. The highest BCUT2D eigenvalue weighted by Gasteiger charge is 2.23. The number of rotatable bonds is 6. The molecule has 22 heavy (non-hydrogen) atoms. The molecule has 0 heterocycles. The molecule has 0 amide bonds. The van der Waals surface area contributed by atoms with Crippen LogP contribution in [0.4, 0.5) is 4.39 Å². The van der Waals surface area contributed by atoms with Crippen LogP contribution in [0, 0.1) is 17.7 Å². The first kappa shape index (κ1) is 17.2. The Morgan fingerprint density at radius 1 is 1.18 bits per heavy atom. The standard InChI is InChI=1S/C16H23FO4S/c1-20-15-7-8-16(17)14(10-15)9-12-3-5-13(6-4-12)11-21-22(2,18)19/h7-8,10,12-13H,3-6,9,11H2,1-2H3. The Kier molecular flexibility index (Phi) is 5.81. The van der Waals surface area contributed by atoms with Crippen molar-refractivity contribution in [3.05, 3.63) is 29.6 Å². The van der Waals surface area contributed by atoms with Crippen LogP contribution in [0.5, 0.6) is 5.75 Å². The molecule has 0 N–H and O–H groups in total. The molecule has 0 aromatic heterocycles. The highest BCUT2D eigenvalue weighted by Crippen LogP contribution is 2.32. The molecule has 124 valence electrons. The second kappa shape index (κ2) is 7.42. The Balaban J connectivity index is 1.85. The summed E-state index contributed by atoms with van der Waals surface area (Å²) in [5.41, 5.74) is 0.690. The summed E-state index contributed by atoms with van der Waals surface area (Å²) in [5.74, 6) is 1.19. The maximum Gasteiger partial charge on any atom is 0.264 e. The third kappa shape index (κ3) is 5.25. The molecule has 4 nitrogen and oxygen atoms in total. The van der Waals surface area contributed by atoms with E-state index in [4.69, 9.17) is 8.92 Å². The van der Waals surface area contributed by atoms with Gasteiger partial charge in [0.25, 0.3) is 10.1 Å². The highest BCUT2D eigenvalue weighted by molar-refractivity contribution is 7.85. The minimum atomic E-state index is -3.36. The zero-order valence-electron chi connectivity index (χ0n) is 13.0. The topological polar surface area (TPSA) is 52.6 Å². The van der Waals surface area contributed by atoms with Gasteiger partial charge < -0.3 is 4.74 Å². The average Bonchev–Trinajstić information content (AvgIpc) is 2.48. The maximum absolute atomic E-state index is 13.8. The van der Waals surface area contributed by atoms with Crippen molar-refractivity contribution in [1.82, 2.24) is 0 Å². The predicted molar refractivity (Wildman–Crippen MR) is 82.9 cm³/mol. The van der Waals surface area contributed by atoms with Gasteiger partial charge in [-0.2, -0.15) is 8.42 Å². The molecule has 0 atom stereocenters. The number of ether oxygens (including phenoxy) is 1. The molecule has 6 heteroatoms. The lowest BCUT2D eigenvalue weighted by atomic mass is 9.79. The molecular formula is C16H23FO4S. The maximum atomic E-state index is 13.8. The van der Waals surface area contributed by atoms with Crippen LogP contribution in [0.2, 0.25) is 0 Å². The third-order valence-corrected chi connectivity index (χ3v) is 4.81. The van der Waals surface area contributed by atoms with Gasteiger partial charge in [0, 0.05) is 0 Å². The number of halogens is 1. The molecule has 0 saturated heterocycles. The summed E-state index contributed by atoms with van der Waals surface area (Å²) in [4.78, 5) is 0. The Labute approximate surface area is 131 Å². The van der Waals surface area contributed by atoms with Crippen LogP contribution < -0.4 is 4.74 Å². The molecule has 0 spiro atoms. The van der Waals surface area contributed by atoms with E-state index in [0.29, 0.717) is 23.7 Å². The quantitative estimate of drug-likeness (QED) is 0.752. The molecular weight excluding hydrogens is 307 g/mol. The highest BCUT2D eigenvalue weighted by atomic mass is 32.2. The van der Waals surface area contributed by atoms with Crippen LogP contribution in [-0.2, 0) is 20.7 Å². The summed E-state index contributed by atoms with van der Waals surface area (Å²) in [6, 6.07) is 4.83. The lowest BCUT2D eigenvalue weighted by Gasteiger charge is -2.28. The first-order valence-corrected chi connectivity index (χ1v) is 9.36. The minimum Gasteiger partial charge on any atom is -0.497 e. The van der Waals surface area contributed by atoms with Crippen molar-refractivity contribution in [2.24, 2.45) is 11.8 Å². The number of hydrogen-bond acceptors (Lipinski definition) is 4. The van der Waals surface area contributed by atoms with E-state index in [0.717, 1.165) is 31.9 Å². The molecule has 2 rings (SSSR count). The lowest BCUT2D eigenvalue weighted by molar-refractivity contribution is 0.187. The Morgan fingerprint density at radius 2 is 1.82 bits per heavy atom. The second-order valence-corrected chi connectivity index (χ2v) is 7.68. The van der Waals surface area contributed by atoms with E-state index in [2.05, 4.69) is 0 Å². The van der Waals surface area contributed by atoms with Gasteiger partial charge in [-0.05, 0) is 67.7 Å². The zero-order valence-corrected chi connectivity index (χ0v) is 13.9. The molecule has 1 saturated carbocycles. The van der Waals surface area contributed by atoms with Gasteiger partial charge in [-0.15, -0.1) is 0 Å². The van der Waals surface area contributed by atoms with E-state index < -0.39 is 10.1 Å². The largest absolute Gasteiger partial charge is 0.497 e.